The van der Waals surface area contributed by atoms with Crippen LogP contribution in [0.25, 0.3) is 0 Å². The van der Waals surface area contributed by atoms with Crippen molar-refractivity contribution in [2.24, 2.45) is 11.7 Å². The summed E-state index contributed by atoms with van der Waals surface area (Å²) in [7, 11) is 0. The van der Waals surface area contributed by atoms with Crippen molar-refractivity contribution in [1.29, 1.82) is 0 Å². The lowest BCUT2D eigenvalue weighted by Crippen LogP contribution is -2.38. The van der Waals surface area contributed by atoms with Gasteiger partial charge in [0.15, 0.2) is 0 Å². The Morgan fingerprint density at radius 2 is 1.70 bits per heavy atom. The molecule has 0 aliphatic carbocycles. The number of alkyl halides is 6. The SMILES string of the molecule is NC(=S)C(COc1ccccc1C(F)(F)F)C(F)(F)F. The average molecular weight is 317 g/mol. The van der Waals surface area contributed by atoms with Gasteiger partial charge in [-0.25, -0.2) is 0 Å². The highest BCUT2D eigenvalue weighted by Crippen LogP contribution is 2.36. The lowest BCUT2D eigenvalue weighted by molar-refractivity contribution is -0.162. The van der Waals surface area contributed by atoms with Crippen molar-refractivity contribution >= 4 is 17.2 Å². The number of hydrogen-bond donors (Lipinski definition) is 1. The first-order valence-corrected chi connectivity index (χ1v) is 5.59. The molecule has 0 fully saturated rings. The Labute approximate surface area is 115 Å². The number of hydrogen-bond acceptors (Lipinski definition) is 2. The maximum atomic E-state index is 12.6. The van der Waals surface area contributed by atoms with Crippen molar-refractivity contribution < 1.29 is 31.1 Å². The molecule has 2 N–H and O–H groups in total. The van der Waals surface area contributed by atoms with E-state index in [0.717, 1.165) is 12.1 Å². The van der Waals surface area contributed by atoms with Crippen LogP contribution in [0.3, 0.4) is 0 Å². The van der Waals surface area contributed by atoms with Crippen molar-refractivity contribution in [3.05, 3.63) is 29.8 Å². The van der Waals surface area contributed by atoms with Crippen molar-refractivity contribution in [3.63, 3.8) is 0 Å². The third kappa shape index (κ3) is 4.26. The van der Waals surface area contributed by atoms with Crippen LogP contribution in [0.15, 0.2) is 24.3 Å². The second-order valence-electron chi connectivity index (χ2n) is 3.80. The summed E-state index contributed by atoms with van der Waals surface area (Å²) in [4.78, 5) is -0.887. The summed E-state index contributed by atoms with van der Waals surface area (Å²) < 4.78 is 80.1. The van der Waals surface area contributed by atoms with E-state index in [9.17, 15) is 26.3 Å². The third-order valence-corrected chi connectivity index (χ3v) is 2.62. The molecule has 0 radical (unpaired) electrons. The van der Waals surface area contributed by atoms with Crippen molar-refractivity contribution in [3.8, 4) is 5.75 Å². The first-order valence-electron chi connectivity index (χ1n) is 5.18. The van der Waals surface area contributed by atoms with E-state index in [1.807, 2.05) is 0 Å². The van der Waals surface area contributed by atoms with Gasteiger partial charge in [-0.2, -0.15) is 26.3 Å². The summed E-state index contributed by atoms with van der Waals surface area (Å²) in [6, 6.07) is 3.95. The molecule has 0 saturated heterocycles. The first-order chi connectivity index (χ1) is 9.03. The Hall–Kier alpha value is -1.51. The molecule has 0 aliphatic rings. The molecule has 1 atom stereocenters. The van der Waals surface area contributed by atoms with Gasteiger partial charge in [-0.05, 0) is 12.1 Å². The van der Waals surface area contributed by atoms with E-state index in [4.69, 9.17) is 5.73 Å². The molecular formula is C11H9F6NOS. The van der Waals surface area contributed by atoms with E-state index in [1.165, 1.54) is 6.07 Å². The normalized spacial score (nSPS) is 13.9. The van der Waals surface area contributed by atoms with Gasteiger partial charge in [0.1, 0.15) is 18.3 Å². The Bertz CT molecular complexity index is 485. The van der Waals surface area contributed by atoms with E-state index in [1.54, 1.807) is 0 Å². The van der Waals surface area contributed by atoms with Gasteiger partial charge < -0.3 is 10.5 Å². The number of nitrogens with two attached hydrogens (primary N) is 1. The van der Waals surface area contributed by atoms with Crippen LogP contribution in [0.4, 0.5) is 26.3 Å². The summed E-state index contributed by atoms with van der Waals surface area (Å²) >= 11 is 4.24. The highest BCUT2D eigenvalue weighted by molar-refractivity contribution is 7.80. The summed E-state index contributed by atoms with van der Waals surface area (Å²) in [5, 5.41) is 0. The van der Waals surface area contributed by atoms with Gasteiger partial charge >= 0.3 is 12.4 Å². The molecule has 1 aromatic rings. The summed E-state index contributed by atoms with van der Waals surface area (Å²) in [6.07, 6.45) is -9.51. The van der Waals surface area contributed by atoms with E-state index < -0.39 is 41.2 Å². The van der Waals surface area contributed by atoms with Gasteiger partial charge in [-0.3, -0.25) is 0 Å². The maximum Gasteiger partial charge on any atom is 0.419 e. The van der Waals surface area contributed by atoms with Crippen LogP contribution in [0.5, 0.6) is 5.75 Å². The summed E-state index contributed by atoms with van der Waals surface area (Å²) in [6.45, 7) is -1.11. The minimum Gasteiger partial charge on any atom is -0.492 e. The van der Waals surface area contributed by atoms with Crippen LogP contribution in [0.1, 0.15) is 5.56 Å². The Balaban J connectivity index is 2.93. The molecule has 1 aromatic carbocycles. The zero-order valence-electron chi connectivity index (χ0n) is 9.76. The molecule has 0 amide bonds. The number of ether oxygens (including phenoxy) is 1. The summed E-state index contributed by atoms with van der Waals surface area (Å²) in [5.41, 5.74) is 3.76. The summed E-state index contributed by atoms with van der Waals surface area (Å²) in [5.74, 6) is -3.01. The largest absolute Gasteiger partial charge is 0.492 e. The van der Waals surface area contributed by atoms with E-state index in [-0.39, 0.29) is 0 Å². The Kier molecular flexibility index (Phi) is 4.85. The second kappa shape index (κ2) is 5.86. The molecule has 0 aromatic heterocycles. The average Bonchev–Trinajstić information content (AvgIpc) is 2.26. The fourth-order valence-electron chi connectivity index (χ4n) is 1.34. The van der Waals surface area contributed by atoms with Crippen LogP contribution >= 0.6 is 12.2 Å². The molecule has 1 unspecified atom stereocenters. The topological polar surface area (TPSA) is 35.2 Å². The lowest BCUT2D eigenvalue weighted by Gasteiger charge is -2.20. The lowest BCUT2D eigenvalue weighted by atomic mass is 10.1. The van der Waals surface area contributed by atoms with E-state index in [0.29, 0.717) is 6.07 Å². The quantitative estimate of drug-likeness (QED) is 0.681. The second-order valence-corrected chi connectivity index (χ2v) is 4.27. The van der Waals surface area contributed by atoms with Crippen molar-refractivity contribution in [2.75, 3.05) is 6.61 Å². The zero-order chi connectivity index (χ0) is 15.6. The smallest absolute Gasteiger partial charge is 0.419 e. The van der Waals surface area contributed by atoms with Crippen LogP contribution in [-0.2, 0) is 6.18 Å². The third-order valence-electron chi connectivity index (χ3n) is 2.34. The van der Waals surface area contributed by atoms with Gasteiger partial charge in [0.25, 0.3) is 0 Å². The van der Waals surface area contributed by atoms with Crippen molar-refractivity contribution in [2.45, 2.75) is 12.4 Å². The number of rotatable bonds is 4. The van der Waals surface area contributed by atoms with Crippen LogP contribution in [0, 0.1) is 5.92 Å². The first kappa shape index (κ1) is 16.5. The van der Waals surface area contributed by atoms with Crippen molar-refractivity contribution in [1.82, 2.24) is 0 Å². The highest BCUT2D eigenvalue weighted by Gasteiger charge is 2.43. The predicted molar refractivity (Wildman–Crippen MR) is 63.3 cm³/mol. The standard InChI is InChI=1S/C11H9F6NOS/c12-10(13,14)6-3-1-2-4-8(6)19-5-7(9(18)20)11(15,16)17/h1-4,7H,5H2,(H2,18,20). The number of halogens is 6. The predicted octanol–water partition coefficient (Wildman–Crippen LogP) is 3.55. The molecule has 0 saturated carbocycles. The highest BCUT2D eigenvalue weighted by atomic mass is 32.1. The molecule has 2 nitrogen and oxygen atoms in total. The van der Waals surface area contributed by atoms with Gasteiger partial charge in [0, 0.05) is 0 Å². The van der Waals surface area contributed by atoms with Crippen LogP contribution < -0.4 is 10.5 Å². The fraction of sp³-hybridized carbons (Fsp3) is 0.364. The van der Waals surface area contributed by atoms with Crippen LogP contribution in [0.2, 0.25) is 0 Å². The van der Waals surface area contributed by atoms with Gasteiger partial charge in [0.2, 0.25) is 0 Å². The van der Waals surface area contributed by atoms with Gasteiger partial charge in [-0.15, -0.1) is 0 Å². The minimum absolute atomic E-state index is 0.703. The Morgan fingerprint density at radius 3 is 2.15 bits per heavy atom. The van der Waals surface area contributed by atoms with Gasteiger partial charge in [0.05, 0.1) is 10.6 Å². The van der Waals surface area contributed by atoms with E-state index >= 15 is 0 Å². The minimum atomic E-state index is -4.78. The zero-order valence-corrected chi connectivity index (χ0v) is 10.6. The number of benzene rings is 1. The molecule has 1 rings (SSSR count). The fourth-order valence-corrected chi connectivity index (χ4v) is 1.54. The Morgan fingerprint density at radius 1 is 1.15 bits per heavy atom. The molecule has 0 heterocycles. The molecule has 112 valence electrons. The molecule has 0 bridgehead atoms. The molecule has 0 spiro atoms. The molecular weight excluding hydrogens is 308 g/mol. The maximum absolute atomic E-state index is 12.6. The number of thiocarbonyl (C=S) groups is 1. The van der Waals surface area contributed by atoms with E-state index in [2.05, 4.69) is 17.0 Å². The molecule has 20 heavy (non-hydrogen) atoms. The molecule has 0 aliphatic heterocycles. The monoisotopic (exact) mass is 317 g/mol. The number of para-hydroxylation sites is 1. The molecule has 9 heteroatoms. The van der Waals surface area contributed by atoms with Crippen LogP contribution in [-0.4, -0.2) is 17.8 Å². The van der Waals surface area contributed by atoms with Gasteiger partial charge in [-0.1, -0.05) is 24.4 Å².